The number of allylic oxidation sites excluding steroid dienone is 1. The van der Waals surface area contributed by atoms with Gasteiger partial charge in [0.05, 0.1) is 61.0 Å². The lowest BCUT2D eigenvalue weighted by Gasteiger charge is -2.28. The summed E-state index contributed by atoms with van der Waals surface area (Å²) in [5.41, 5.74) is 1.40. The van der Waals surface area contributed by atoms with Crippen LogP contribution < -0.4 is 0 Å². The molecule has 6 heteroatoms. The van der Waals surface area contributed by atoms with Crippen molar-refractivity contribution in [3.05, 3.63) is 12.2 Å². The molecule has 55 heavy (non-hydrogen) atoms. The Morgan fingerprint density at radius 1 is 0.400 bits per heavy atom. The Hall–Kier alpha value is -0.500. The predicted octanol–water partition coefficient (Wildman–Crippen LogP) is 13.2. The first kappa shape index (κ1) is 52.5. The summed E-state index contributed by atoms with van der Waals surface area (Å²) in [4.78, 5) is 0. The van der Waals surface area contributed by atoms with Crippen molar-refractivity contribution < 1.29 is 29.2 Å². The summed E-state index contributed by atoms with van der Waals surface area (Å²) in [6, 6.07) is 0. The van der Waals surface area contributed by atoms with Crippen LogP contribution in [-0.2, 0) is 18.9 Å². The third-order valence-corrected chi connectivity index (χ3v) is 11.4. The van der Waals surface area contributed by atoms with Gasteiger partial charge >= 0.3 is 0 Å². The zero-order chi connectivity index (χ0) is 41.3. The van der Waals surface area contributed by atoms with Crippen LogP contribution >= 0.6 is 0 Å². The summed E-state index contributed by atoms with van der Waals surface area (Å²) < 4.78 is 23.9. The first-order chi connectivity index (χ1) is 25.9. The summed E-state index contributed by atoms with van der Waals surface area (Å²) in [5, 5.41) is 18.7. The largest absolute Gasteiger partial charge is 0.393 e. The van der Waals surface area contributed by atoms with E-state index in [0.29, 0.717) is 60.7 Å². The molecule has 0 amide bonds. The SMILES string of the molecule is C=C1CCC(O[C@H](C)CC(C)C)CC1.CC(C)C[C@@H](C)OC1CCC(O)CC1.CC(C)C[C@@H](C)OC1CCC(O)CC1.CC(C)C[C@@H](C)OC1CCCCC1. The highest BCUT2D eigenvalue weighted by Gasteiger charge is 2.23. The Bertz CT molecular complexity index is 851. The number of hydrogen-bond acceptors (Lipinski definition) is 6. The monoisotopic (exact) mass is 781 g/mol. The van der Waals surface area contributed by atoms with Crippen LogP contribution in [0.4, 0.5) is 0 Å². The van der Waals surface area contributed by atoms with Gasteiger partial charge in [0, 0.05) is 0 Å². The van der Waals surface area contributed by atoms with Gasteiger partial charge in [-0.2, -0.15) is 0 Å². The van der Waals surface area contributed by atoms with Gasteiger partial charge in [-0.15, -0.1) is 0 Å². The molecule has 0 bridgehead atoms. The van der Waals surface area contributed by atoms with E-state index in [4.69, 9.17) is 18.9 Å². The van der Waals surface area contributed by atoms with E-state index in [1.54, 1.807) is 0 Å². The van der Waals surface area contributed by atoms with Crippen molar-refractivity contribution >= 4 is 0 Å². The molecule has 328 valence electrons. The Balaban J connectivity index is 0.000000367. The molecule has 0 aromatic rings. The average molecular weight is 781 g/mol. The van der Waals surface area contributed by atoms with Gasteiger partial charge in [-0.1, -0.05) is 86.8 Å². The van der Waals surface area contributed by atoms with Crippen molar-refractivity contribution in [3.63, 3.8) is 0 Å². The standard InChI is InChI=1S/C13H24O.2C12H24O2.C12H24O/c1-10(2)9-12(4)14-13-7-5-11(3)6-8-13;2*1-9(2)8-10(3)14-12-6-4-11(13)5-7-12;1-10(2)9-11(3)13-12-7-5-4-6-8-12/h10,12-13H,3,5-9H2,1-2,4H3;2*9-13H,4-8H2,1-3H3;10-12H,4-9H2,1-3H3/t12-;2*10-,11?,12?;11-/m1111/s1. The molecule has 4 atom stereocenters. The quantitative estimate of drug-likeness (QED) is 0.152. The molecule has 2 N–H and O–H groups in total. The molecule has 0 aromatic heterocycles. The zero-order valence-corrected chi connectivity index (χ0v) is 38.7. The minimum Gasteiger partial charge on any atom is -0.393 e. The van der Waals surface area contributed by atoms with E-state index in [2.05, 4.69) is 89.7 Å². The minimum absolute atomic E-state index is 0.0738. The highest BCUT2D eigenvalue weighted by Crippen LogP contribution is 2.27. The lowest BCUT2D eigenvalue weighted by atomic mass is 9.93. The molecule has 0 spiro atoms. The van der Waals surface area contributed by atoms with Crippen LogP contribution in [0.15, 0.2) is 12.2 Å². The van der Waals surface area contributed by atoms with E-state index in [9.17, 15) is 10.2 Å². The van der Waals surface area contributed by atoms with Crippen molar-refractivity contribution in [2.24, 2.45) is 23.7 Å². The fourth-order valence-corrected chi connectivity index (χ4v) is 8.89. The molecule has 0 unspecified atom stereocenters. The third-order valence-electron chi connectivity index (χ3n) is 11.4. The summed E-state index contributed by atoms with van der Waals surface area (Å²) in [6.45, 7) is 30.7. The van der Waals surface area contributed by atoms with E-state index < -0.39 is 0 Å². The van der Waals surface area contributed by atoms with Gasteiger partial charge in [-0.3, -0.25) is 0 Å². The molecule has 0 heterocycles. The molecule has 4 rings (SSSR count). The van der Waals surface area contributed by atoms with Crippen LogP contribution in [0.5, 0.6) is 0 Å². The first-order valence-corrected chi connectivity index (χ1v) is 23.6. The number of rotatable bonds is 16. The second kappa shape index (κ2) is 30.5. The molecular weight excluding hydrogens is 685 g/mol. The average Bonchev–Trinajstić information content (AvgIpc) is 3.08. The number of ether oxygens (including phenoxy) is 4. The van der Waals surface area contributed by atoms with Crippen molar-refractivity contribution in [1.29, 1.82) is 0 Å². The van der Waals surface area contributed by atoms with Crippen molar-refractivity contribution in [3.8, 4) is 0 Å². The van der Waals surface area contributed by atoms with Crippen LogP contribution in [0, 0.1) is 23.7 Å². The lowest BCUT2D eigenvalue weighted by molar-refractivity contribution is -0.0471. The van der Waals surface area contributed by atoms with Gasteiger partial charge < -0.3 is 29.2 Å². The molecule has 0 saturated heterocycles. The van der Waals surface area contributed by atoms with Crippen molar-refractivity contribution in [1.82, 2.24) is 0 Å². The number of aliphatic hydroxyl groups excluding tert-OH is 2. The smallest absolute Gasteiger partial charge is 0.0584 e. The minimum atomic E-state index is -0.0738. The molecule has 0 aliphatic heterocycles. The Morgan fingerprint density at radius 3 is 0.927 bits per heavy atom. The first-order valence-electron chi connectivity index (χ1n) is 23.6. The molecule has 4 aliphatic rings. The highest BCUT2D eigenvalue weighted by molar-refractivity contribution is 4.98. The Morgan fingerprint density at radius 2 is 0.655 bits per heavy atom. The van der Waals surface area contributed by atoms with Crippen LogP contribution in [0.3, 0.4) is 0 Å². The van der Waals surface area contributed by atoms with Crippen LogP contribution in [0.1, 0.15) is 218 Å². The molecular formula is C49H96O6. The second-order valence-electron chi connectivity index (χ2n) is 19.9. The third kappa shape index (κ3) is 29.4. The maximum absolute atomic E-state index is 9.35. The summed E-state index contributed by atoms with van der Waals surface area (Å²) >= 11 is 0. The van der Waals surface area contributed by atoms with Crippen LogP contribution in [-0.4, -0.2) is 71.3 Å². The highest BCUT2D eigenvalue weighted by atomic mass is 16.5. The predicted molar refractivity (Wildman–Crippen MR) is 235 cm³/mol. The Labute approximate surface area is 343 Å². The molecule has 6 nitrogen and oxygen atoms in total. The summed E-state index contributed by atoms with van der Waals surface area (Å²) in [5.74, 6) is 2.92. The van der Waals surface area contributed by atoms with Gasteiger partial charge in [0.15, 0.2) is 0 Å². The van der Waals surface area contributed by atoms with Crippen molar-refractivity contribution in [2.45, 2.75) is 279 Å². The normalized spacial score (nSPS) is 26.3. The second-order valence-corrected chi connectivity index (χ2v) is 19.9. The van der Waals surface area contributed by atoms with Crippen LogP contribution in [0.25, 0.3) is 0 Å². The van der Waals surface area contributed by atoms with Gasteiger partial charge in [-0.05, 0) is 167 Å². The molecule has 4 fully saturated rings. The molecule has 0 aromatic carbocycles. The van der Waals surface area contributed by atoms with Gasteiger partial charge in [-0.25, -0.2) is 0 Å². The van der Waals surface area contributed by atoms with Gasteiger partial charge in [0.2, 0.25) is 0 Å². The zero-order valence-electron chi connectivity index (χ0n) is 38.7. The fraction of sp³-hybridized carbons (Fsp3) is 0.959. The lowest BCUT2D eigenvalue weighted by Crippen LogP contribution is -2.28. The maximum Gasteiger partial charge on any atom is 0.0584 e. The molecule has 4 saturated carbocycles. The van der Waals surface area contributed by atoms with E-state index in [-0.39, 0.29) is 12.2 Å². The van der Waals surface area contributed by atoms with Gasteiger partial charge in [0.1, 0.15) is 0 Å². The number of hydrogen-bond donors (Lipinski definition) is 2. The molecule has 0 radical (unpaired) electrons. The summed E-state index contributed by atoms with van der Waals surface area (Å²) in [6.07, 6.45) is 27.2. The van der Waals surface area contributed by atoms with Gasteiger partial charge in [0.25, 0.3) is 0 Å². The van der Waals surface area contributed by atoms with E-state index in [1.165, 1.54) is 76.2 Å². The van der Waals surface area contributed by atoms with E-state index >= 15 is 0 Å². The fourth-order valence-electron chi connectivity index (χ4n) is 8.89. The van der Waals surface area contributed by atoms with E-state index in [0.717, 1.165) is 76.0 Å². The Kier molecular flexibility index (Phi) is 29.2. The maximum atomic E-state index is 9.35. The number of aliphatic hydroxyl groups is 2. The molecule has 4 aliphatic carbocycles. The summed E-state index contributed by atoms with van der Waals surface area (Å²) in [7, 11) is 0. The van der Waals surface area contributed by atoms with Crippen molar-refractivity contribution in [2.75, 3.05) is 0 Å². The van der Waals surface area contributed by atoms with Crippen LogP contribution in [0.2, 0.25) is 0 Å². The van der Waals surface area contributed by atoms with E-state index in [1.807, 2.05) is 0 Å². The topological polar surface area (TPSA) is 77.4 Å².